The van der Waals surface area contributed by atoms with E-state index in [1.807, 2.05) is 17.8 Å². The summed E-state index contributed by atoms with van der Waals surface area (Å²) >= 11 is 1.58. The summed E-state index contributed by atoms with van der Waals surface area (Å²) in [4.78, 5) is 4.18. The number of thiazole rings is 1. The zero-order valence-electron chi connectivity index (χ0n) is 7.97. The van der Waals surface area contributed by atoms with Gasteiger partial charge in [0.15, 0.2) is 0 Å². The van der Waals surface area contributed by atoms with E-state index in [4.69, 9.17) is 0 Å². The first-order valence-electron chi connectivity index (χ1n) is 4.54. The molecule has 0 fully saturated rings. The smallest absolute Gasteiger partial charge is 0.210 e. The molecule has 2 heterocycles. The van der Waals surface area contributed by atoms with Gasteiger partial charge in [0.05, 0.1) is 6.20 Å². The van der Waals surface area contributed by atoms with E-state index in [0.717, 1.165) is 18.2 Å². The largest absolute Gasteiger partial charge is 0.313 e. The predicted molar refractivity (Wildman–Crippen MR) is 56.6 cm³/mol. The molecule has 0 unspecified atom stereocenters. The maximum absolute atomic E-state index is 4.24. The van der Waals surface area contributed by atoms with E-state index < -0.39 is 0 Å². The fourth-order valence-corrected chi connectivity index (χ4v) is 1.73. The summed E-state index contributed by atoms with van der Waals surface area (Å²) in [6, 6.07) is 0. The van der Waals surface area contributed by atoms with Gasteiger partial charge < -0.3 is 5.32 Å². The van der Waals surface area contributed by atoms with Crippen LogP contribution < -0.4 is 5.32 Å². The number of rotatable bonds is 4. The second-order valence-electron chi connectivity index (χ2n) is 2.89. The fraction of sp³-hybridized carbons (Fsp3) is 0.333. The molecule has 2 aromatic heterocycles. The van der Waals surface area contributed by atoms with Gasteiger partial charge in [0.2, 0.25) is 5.13 Å². The Kier molecular flexibility index (Phi) is 2.90. The van der Waals surface area contributed by atoms with Gasteiger partial charge in [0.25, 0.3) is 0 Å². The Balaban J connectivity index is 2.10. The summed E-state index contributed by atoms with van der Waals surface area (Å²) in [5.41, 5.74) is 1.18. The molecule has 4 nitrogen and oxygen atoms in total. The molecular formula is C9H12N4S. The third-order valence-electron chi connectivity index (χ3n) is 1.83. The molecule has 0 spiro atoms. The predicted octanol–water partition coefficient (Wildman–Crippen LogP) is 1.44. The molecule has 14 heavy (non-hydrogen) atoms. The van der Waals surface area contributed by atoms with Crippen LogP contribution in [0.3, 0.4) is 0 Å². The first kappa shape index (κ1) is 9.36. The Bertz CT molecular complexity index is 379. The lowest BCUT2D eigenvalue weighted by molar-refractivity contribution is 0.726. The SMILES string of the molecule is CCNCc1cnn(-c2nccs2)c1. The van der Waals surface area contributed by atoms with E-state index in [0.29, 0.717) is 0 Å². The van der Waals surface area contributed by atoms with Crippen LogP contribution in [0.4, 0.5) is 0 Å². The summed E-state index contributed by atoms with van der Waals surface area (Å²) in [6.07, 6.45) is 5.65. The van der Waals surface area contributed by atoms with E-state index in [1.54, 1.807) is 22.2 Å². The van der Waals surface area contributed by atoms with Crippen LogP contribution >= 0.6 is 11.3 Å². The zero-order chi connectivity index (χ0) is 9.80. The molecule has 74 valence electrons. The Labute approximate surface area is 86.6 Å². The highest BCUT2D eigenvalue weighted by molar-refractivity contribution is 7.12. The first-order valence-corrected chi connectivity index (χ1v) is 5.42. The van der Waals surface area contributed by atoms with Crippen LogP contribution in [0.5, 0.6) is 0 Å². The van der Waals surface area contributed by atoms with Gasteiger partial charge in [-0.05, 0) is 6.54 Å². The summed E-state index contributed by atoms with van der Waals surface area (Å²) in [5, 5.41) is 10.3. The van der Waals surface area contributed by atoms with E-state index >= 15 is 0 Å². The average molecular weight is 208 g/mol. The molecule has 0 aromatic carbocycles. The van der Waals surface area contributed by atoms with Crippen molar-refractivity contribution in [3.63, 3.8) is 0 Å². The van der Waals surface area contributed by atoms with E-state index in [1.165, 1.54) is 5.56 Å². The van der Waals surface area contributed by atoms with Crippen molar-refractivity contribution in [3.8, 4) is 5.13 Å². The van der Waals surface area contributed by atoms with E-state index in [-0.39, 0.29) is 0 Å². The topological polar surface area (TPSA) is 42.7 Å². The van der Waals surface area contributed by atoms with Crippen molar-refractivity contribution in [2.24, 2.45) is 0 Å². The standard InChI is InChI=1S/C9H12N4S/c1-2-10-5-8-6-12-13(7-8)9-11-3-4-14-9/h3-4,6-7,10H,2,5H2,1H3. The monoisotopic (exact) mass is 208 g/mol. The molecule has 0 amide bonds. The average Bonchev–Trinajstić information content (AvgIpc) is 2.85. The third-order valence-corrected chi connectivity index (χ3v) is 2.59. The van der Waals surface area contributed by atoms with Crippen LogP contribution in [0.2, 0.25) is 0 Å². The van der Waals surface area contributed by atoms with Crippen molar-refractivity contribution in [1.29, 1.82) is 0 Å². The molecule has 2 aromatic rings. The first-order chi connectivity index (χ1) is 6.90. The van der Waals surface area contributed by atoms with Crippen LogP contribution in [0, 0.1) is 0 Å². The minimum absolute atomic E-state index is 0.863. The van der Waals surface area contributed by atoms with Gasteiger partial charge in [0, 0.05) is 29.9 Å². The number of aromatic nitrogens is 3. The van der Waals surface area contributed by atoms with Crippen LogP contribution in [0.1, 0.15) is 12.5 Å². The quantitative estimate of drug-likeness (QED) is 0.826. The van der Waals surface area contributed by atoms with Gasteiger partial charge in [-0.2, -0.15) is 5.10 Å². The van der Waals surface area contributed by atoms with Crippen molar-refractivity contribution in [2.45, 2.75) is 13.5 Å². The van der Waals surface area contributed by atoms with Gasteiger partial charge in [-0.25, -0.2) is 9.67 Å². The zero-order valence-corrected chi connectivity index (χ0v) is 8.79. The van der Waals surface area contributed by atoms with Crippen LogP contribution in [-0.2, 0) is 6.54 Å². The van der Waals surface area contributed by atoms with Crippen molar-refractivity contribution in [2.75, 3.05) is 6.54 Å². The van der Waals surface area contributed by atoms with E-state index in [2.05, 4.69) is 22.3 Å². The van der Waals surface area contributed by atoms with Crippen LogP contribution in [-0.4, -0.2) is 21.3 Å². The molecule has 0 aliphatic carbocycles. The second kappa shape index (κ2) is 4.34. The minimum Gasteiger partial charge on any atom is -0.313 e. The molecule has 1 N–H and O–H groups in total. The number of nitrogens with one attached hydrogen (secondary N) is 1. The number of hydrogen-bond acceptors (Lipinski definition) is 4. The molecule has 0 bridgehead atoms. The lowest BCUT2D eigenvalue weighted by Gasteiger charge is -1.95. The number of nitrogens with zero attached hydrogens (tertiary/aromatic N) is 3. The summed E-state index contributed by atoms with van der Waals surface area (Å²) in [5.74, 6) is 0. The molecule has 0 radical (unpaired) electrons. The van der Waals surface area contributed by atoms with Gasteiger partial charge in [-0.15, -0.1) is 11.3 Å². The highest BCUT2D eigenvalue weighted by Crippen LogP contribution is 2.10. The molecule has 5 heteroatoms. The van der Waals surface area contributed by atoms with Gasteiger partial charge in [0.1, 0.15) is 0 Å². The van der Waals surface area contributed by atoms with Gasteiger partial charge >= 0.3 is 0 Å². The molecule has 0 saturated heterocycles. The van der Waals surface area contributed by atoms with Crippen LogP contribution in [0.25, 0.3) is 5.13 Å². The third kappa shape index (κ3) is 2.00. The van der Waals surface area contributed by atoms with Crippen molar-refractivity contribution in [1.82, 2.24) is 20.1 Å². The molecule has 2 rings (SSSR count). The van der Waals surface area contributed by atoms with E-state index in [9.17, 15) is 0 Å². The summed E-state index contributed by atoms with van der Waals surface area (Å²) < 4.78 is 1.80. The highest BCUT2D eigenvalue weighted by atomic mass is 32.1. The number of hydrogen-bond donors (Lipinski definition) is 1. The van der Waals surface area contributed by atoms with Gasteiger partial charge in [-0.3, -0.25) is 0 Å². The maximum atomic E-state index is 4.24. The highest BCUT2D eigenvalue weighted by Gasteiger charge is 2.01. The Morgan fingerprint density at radius 3 is 3.21 bits per heavy atom. The molecule has 0 atom stereocenters. The van der Waals surface area contributed by atoms with Crippen LogP contribution in [0.15, 0.2) is 24.0 Å². The fourth-order valence-electron chi connectivity index (χ4n) is 1.15. The molecule has 0 aliphatic heterocycles. The molecule has 0 aliphatic rings. The Morgan fingerprint density at radius 2 is 2.50 bits per heavy atom. The Morgan fingerprint density at radius 1 is 1.57 bits per heavy atom. The maximum Gasteiger partial charge on any atom is 0.210 e. The lowest BCUT2D eigenvalue weighted by Crippen LogP contribution is -2.10. The summed E-state index contributed by atoms with van der Waals surface area (Å²) in [6.45, 7) is 3.93. The molecule has 0 saturated carbocycles. The van der Waals surface area contributed by atoms with Crippen molar-refractivity contribution >= 4 is 11.3 Å². The normalized spacial score (nSPS) is 10.6. The summed E-state index contributed by atoms with van der Waals surface area (Å²) in [7, 11) is 0. The van der Waals surface area contributed by atoms with Gasteiger partial charge in [-0.1, -0.05) is 6.92 Å². The Hall–Kier alpha value is -1.20. The lowest BCUT2D eigenvalue weighted by atomic mass is 10.3. The minimum atomic E-state index is 0.863. The second-order valence-corrected chi connectivity index (χ2v) is 3.76. The molecular weight excluding hydrogens is 196 g/mol. The van der Waals surface area contributed by atoms with Crippen molar-refractivity contribution in [3.05, 3.63) is 29.5 Å². The van der Waals surface area contributed by atoms with Crippen molar-refractivity contribution < 1.29 is 0 Å².